The molecule has 170 valence electrons. The molecule has 1 fully saturated rings. The molecule has 1 saturated heterocycles. The molecule has 1 amide bonds. The third-order valence-electron chi connectivity index (χ3n) is 6.12. The minimum absolute atomic E-state index is 0.0446. The second kappa shape index (κ2) is 8.91. The van der Waals surface area contributed by atoms with E-state index in [1.165, 1.54) is 23.1 Å². The first kappa shape index (κ1) is 22.1. The van der Waals surface area contributed by atoms with Gasteiger partial charge in [-0.25, -0.2) is 4.39 Å². The van der Waals surface area contributed by atoms with Crippen LogP contribution in [0.2, 0.25) is 0 Å². The van der Waals surface area contributed by atoms with Crippen molar-refractivity contribution in [3.05, 3.63) is 112 Å². The molecule has 2 N–H and O–H groups in total. The van der Waals surface area contributed by atoms with Gasteiger partial charge in [-0.3, -0.25) is 9.59 Å². The van der Waals surface area contributed by atoms with Crippen molar-refractivity contribution in [2.75, 3.05) is 6.54 Å². The molecular formula is C27H20BrFN2O3. The molecule has 2 heterocycles. The number of Topliss-reactive ketones (excluding diaryl/α,β-unsaturated/α-hetero) is 1. The van der Waals surface area contributed by atoms with Crippen molar-refractivity contribution >= 4 is 44.3 Å². The van der Waals surface area contributed by atoms with E-state index in [1.54, 1.807) is 30.3 Å². The lowest BCUT2D eigenvalue weighted by Gasteiger charge is -2.25. The second-order valence-electron chi connectivity index (χ2n) is 8.16. The number of fused-ring (bicyclic) bond motifs is 1. The molecule has 0 saturated carbocycles. The molecule has 1 aliphatic rings. The van der Waals surface area contributed by atoms with Crippen LogP contribution in [0.1, 0.15) is 22.7 Å². The number of carbonyl (C=O) groups is 2. The maximum atomic E-state index is 14.1. The molecule has 0 aliphatic carbocycles. The van der Waals surface area contributed by atoms with Crippen molar-refractivity contribution in [2.45, 2.75) is 12.5 Å². The fourth-order valence-corrected chi connectivity index (χ4v) is 4.74. The van der Waals surface area contributed by atoms with Crippen LogP contribution in [0.15, 0.2) is 89.0 Å². The van der Waals surface area contributed by atoms with Gasteiger partial charge in [0.25, 0.3) is 11.7 Å². The van der Waals surface area contributed by atoms with E-state index >= 15 is 0 Å². The molecule has 3 aromatic carbocycles. The van der Waals surface area contributed by atoms with E-state index in [4.69, 9.17) is 0 Å². The SMILES string of the molecule is O=C1C(=O)N(CCc2c[nH]c3ccccc23)[C@@H](c2cccc(F)c2)C1=C(O)c1ccc(Br)cc1. The lowest BCUT2D eigenvalue weighted by Crippen LogP contribution is -2.31. The number of aliphatic hydroxyl groups excluding tert-OH is 1. The molecule has 7 heteroatoms. The van der Waals surface area contributed by atoms with Crippen LogP contribution in [0.3, 0.4) is 0 Å². The highest BCUT2D eigenvalue weighted by Gasteiger charge is 2.46. The van der Waals surface area contributed by atoms with Crippen molar-refractivity contribution in [3.63, 3.8) is 0 Å². The van der Waals surface area contributed by atoms with Gasteiger partial charge in [0.2, 0.25) is 0 Å². The fraction of sp³-hybridized carbons (Fsp3) is 0.111. The average molecular weight is 519 g/mol. The van der Waals surface area contributed by atoms with Gasteiger partial charge < -0.3 is 15.0 Å². The van der Waals surface area contributed by atoms with Crippen LogP contribution in [0.4, 0.5) is 4.39 Å². The third kappa shape index (κ3) is 3.92. The highest BCUT2D eigenvalue weighted by atomic mass is 79.9. The van der Waals surface area contributed by atoms with Gasteiger partial charge in [0.15, 0.2) is 0 Å². The smallest absolute Gasteiger partial charge is 0.295 e. The Bertz CT molecular complexity index is 1440. The Morgan fingerprint density at radius 3 is 2.56 bits per heavy atom. The van der Waals surface area contributed by atoms with Crippen LogP contribution in [0.25, 0.3) is 16.7 Å². The normalized spacial score (nSPS) is 17.6. The number of halogens is 2. The number of amides is 1. The molecule has 1 aliphatic heterocycles. The first-order valence-electron chi connectivity index (χ1n) is 10.8. The molecule has 0 spiro atoms. The number of aliphatic hydroxyl groups is 1. The molecule has 5 rings (SSSR count). The molecule has 0 unspecified atom stereocenters. The summed E-state index contributed by atoms with van der Waals surface area (Å²) in [4.78, 5) is 30.9. The van der Waals surface area contributed by atoms with Crippen LogP contribution >= 0.6 is 15.9 Å². The van der Waals surface area contributed by atoms with Crippen molar-refractivity contribution in [2.24, 2.45) is 0 Å². The zero-order valence-corrected chi connectivity index (χ0v) is 19.5. The fourth-order valence-electron chi connectivity index (χ4n) is 4.48. The van der Waals surface area contributed by atoms with Gasteiger partial charge in [0.05, 0.1) is 11.6 Å². The summed E-state index contributed by atoms with van der Waals surface area (Å²) in [6.07, 6.45) is 2.38. The minimum atomic E-state index is -0.899. The first-order valence-corrected chi connectivity index (χ1v) is 11.6. The summed E-state index contributed by atoms with van der Waals surface area (Å²) in [6.45, 7) is 0.227. The number of benzene rings is 3. The summed E-state index contributed by atoms with van der Waals surface area (Å²) in [5, 5.41) is 12.1. The number of ketones is 1. The van der Waals surface area contributed by atoms with Crippen LogP contribution in [0, 0.1) is 5.82 Å². The lowest BCUT2D eigenvalue weighted by atomic mass is 9.95. The van der Waals surface area contributed by atoms with Crippen LogP contribution in [-0.2, 0) is 16.0 Å². The zero-order chi connectivity index (χ0) is 23.8. The molecule has 0 radical (unpaired) electrons. The second-order valence-corrected chi connectivity index (χ2v) is 9.08. The number of hydrogen-bond acceptors (Lipinski definition) is 3. The molecule has 1 aromatic heterocycles. The number of aromatic nitrogens is 1. The van der Waals surface area contributed by atoms with Crippen molar-refractivity contribution in [1.82, 2.24) is 9.88 Å². The highest BCUT2D eigenvalue weighted by Crippen LogP contribution is 2.40. The van der Waals surface area contributed by atoms with E-state index in [2.05, 4.69) is 20.9 Å². The number of nitrogens with zero attached hydrogens (tertiary/aromatic N) is 1. The number of nitrogens with one attached hydrogen (secondary N) is 1. The number of rotatable bonds is 5. The summed E-state index contributed by atoms with van der Waals surface area (Å²) in [5.41, 5.74) is 2.77. The summed E-state index contributed by atoms with van der Waals surface area (Å²) in [6, 6.07) is 19.5. The van der Waals surface area contributed by atoms with E-state index in [-0.39, 0.29) is 17.9 Å². The summed E-state index contributed by atoms with van der Waals surface area (Å²) < 4.78 is 15.0. The summed E-state index contributed by atoms with van der Waals surface area (Å²) in [5.74, 6) is -2.26. The quantitative estimate of drug-likeness (QED) is 0.201. The van der Waals surface area contributed by atoms with E-state index in [1.807, 2.05) is 30.5 Å². The van der Waals surface area contributed by atoms with E-state index < -0.39 is 23.5 Å². The topological polar surface area (TPSA) is 73.4 Å². The van der Waals surface area contributed by atoms with Crippen LogP contribution < -0.4 is 0 Å². The summed E-state index contributed by atoms with van der Waals surface area (Å²) >= 11 is 3.35. The number of para-hydroxylation sites is 1. The monoisotopic (exact) mass is 518 g/mol. The number of hydrogen-bond donors (Lipinski definition) is 2. The van der Waals surface area contributed by atoms with E-state index in [9.17, 15) is 19.1 Å². The Morgan fingerprint density at radius 1 is 1.03 bits per heavy atom. The molecule has 4 aromatic rings. The minimum Gasteiger partial charge on any atom is -0.507 e. The Morgan fingerprint density at radius 2 is 1.79 bits per heavy atom. The van der Waals surface area contributed by atoms with Gasteiger partial charge in [-0.05, 0) is 47.9 Å². The predicted molar refractivity (Wildman–Crippen MR) is 132 cm³/mol. The van der Waals surface area contributed by atoms with Crippen LogP contribution in [-0.4, -0.2) is 33.2 Å². The maximum absolute atomic E-state index is 14.1. The number of likely N-dealkylation sites (tertiary alicyclic amines) is 1. The van der Waals surface area contributed by atoms with Crippen molar-refractivity contribution in [3.8, 4) is 0 Å². The molecular weight excluding hydrogens is 499 g/mol. The Hall–Kier alpha value is -3.71. The average Bonchev–Trinajstić information content (AvgIpc) is 3.36. The number of carbonyl (C=O) groups excluding carboxylic acids is 2. The van der Waals surface area contributed by atoms with Gasteiger partial charge in [-0.15, -0.1) is 0 Å². The highest BCUT2D eigenvalue weighted by molar-refractivity contribution is 9.10. The predicted octanol–water partition coefficient (Wildman–Crippen LogP) is 5.73. The number of H-pyrrole nitrogens is 1. The maximum Gasteiger partial charge on any atom is 0.295 e. The Labute approximate surface area is 203 Å². The van der Waals surface area contributed by atoms with Gasteiger partial charge in [0, 0.05) is 33.7 Å². The number of aromatic amines is 1. The van der Waals surface area contributed by atoms with Crippen molar-refractivity contribution < 1.29 is 19.1 Å². The van der Waals surface area contributed by atoms with Crippen molar-refractivity contribution in [1.29, 1.82) is 0 Å². The van der Waals surface area contributed by atoms with Gasteiger partial charge in [-0.2, -0.15) is 0 Å². The Kier molecular flexibility index (Phi) is 5.79. The zero-order valence-electron chi connectivity index (χ0n) is 18.0. The lowest BCUT2D eigenvalue weighted by molar-refractivity contribution is -0.139. The summed E-state index contributed by atoms with van der Waals surface area (Å²) in [7, 11) is 0. The third-order valence-corrected chi connectivity index (χ3v) is 6.65. The molecule has 0 bridgehead atoms. The first-order chi connectivity index (χ1) is 16.4. The molecule has 1 atom stereocenters. The molecule has 5 nitrogen and oxygen atoms in total. The largest absolute Gasteiger partial charge is 0.507 e. The standard InChI is InChI=1S/C27H20BrFN2O3/c28-19-10-8-16(9-11-19)25(32)23-24(17-4-3-5-20(29)14-17)31(27(34)26(23)33)13-12-18-15-30-22-7-2-1-6-21(18)22/h1-11,14-15,24,30,32H,12-13H2/t24-/m0/s1. The van der Waals surface area contributed by atoms with E-state index in [0.29, 0.717) is 17.5 Å². The Balaban J connectivity index is 1.57. The molecule has 34 heavy (non-hydrogen) atoms. The van der Waals surface area contributed by atoms with Gasteiger partial charge in [0.1, 0.15) is 11.6 Å². The van der Waals surface area contributed by atoms with Crippen LogP contribution in [0.5, 0.6) is 0 Å². The van der Waals surface area contributed by atoms with Gasteiger partial charge >= 0.3 is 0 Å². The van der Waals surface area contributed by atoms with Gasteiger partial charge in [-0.1, -0.05) is 58.4 Å². The van der Waals surface area contributed by atoms with E-state index in [0.717, 1.165) is 20.9 Å².